The number of likely N-dealkylation sites (N-methyl/N-ethyl adjacent to an activating group) is 1. The standard InChI is InChI=1S/C15H25ClN4O/c1-3-5-20-6-7-21-13(10-20)14(18-4-2)12-8-11(16)9-19-15(12)17/h8-9,13-14,18H,3-7,10H2,1-2H3,(H2,17,19). The normalized spacial score (nSPS) is 21.4. The van der Waals surface area contributed by atoms with Gasteiger partial charge in [0.2, 0.25) is 0 Å². The van der Waals surface area contributed by atoms with Crippen LogP contribution in [0.4, 0.5) is 5.82 Å². The van der Waals surface area contributed by atoms with E-state index in [1.54, 1.807) is 6.20 Å². The molecule has 6 heteroatoms. The molecular formula is C15H25ClN4O. The van der Waals surface area contributed by atoms with Crippen molar-refractivity contribution in [3.8, 4) is 0 Å². The molecule has 118 valence electrons. The van der Waals surface area contributed by atoms with Gasteiger partial charge in [-0.3, -0.25) is 4.90 Å². The number of nitrogens with zero attached hydrogens (tertiary/aromatic N) is 2. The third kappa shape index (κ3) is 4.30. The van der Waals surface area contributed by atoms with E-state index in [4.69, 9.17) is 22.1 Å². The quantitative estimate of drug-likeness (QED) is 0.842. The van der Waals surface area contributed by atoms with Crippen LogP contribution >= 0.6 is 11.6 Å². The first-order chi connectivity index (χ1) is 10.2. The van der Waals surface area contributed by atoms with Gasteiger partial charge in [0, 0.05) is 24.8 Å². The molecule has 2 heterocycles. The molecule has 0 radical (unpaired) electrons. The highest BCUT2D eigenvalue weighted by Crippen LogP contribution is 2.28. The molecule has 0 amide bonds. The molecule has 0 bridgehead atoms. The molecule has 1 saturated heterocycles. The molecule has 3 N–H and O–H groups in total. The van der Waals surface area contributed by atoms with Gasteiger partial charge in [0.05, 0.1) is 23.8 Å². The van der Waals surface area contributed by atoms with Crippen LogP contribution in [0, 0.1) is 0 Å². The number of morpholine rings is 1. The van der Waals surface area contributed by atoms with Crippen molar-refractivity contribution in [3.63, 3.8) is 0 Å². The first-order valence-electron chi connectivity index (χ1n) is 7.64. The second kappa shape index (κ2) is 7.94. The Bertz CT molecular complexity index is 455. The van der Waals surface area contributed by atoms with Crippen LogP contribution in [0.2, 0.25) is 5.02 Å². The highest BCUT2D eigenvalue weighted by molar-refractivity contribution is 6.30. The number of anilines is 1. The number of nitrogen functional groups attached to an aromatic ring is 1. The summed E-state index contributed by atoms with van der Waals surface area (Å²) in [6, 6.07) is 1.90. The molecule has 21 heavy (non-hydrogen) atoms. The van der Waals surface area contributed by atoms with E-state index in [2.05, 4.69) is 29.0 Å². The molecule has 1 aliphatic rings. The minimum atomic E-state index is 0.0147. The molecule has 1 aromatic heterocycles. The van der Waals surface area contributed by atoms with Crippen molar-refractivity contribution in [2.24, 2.45) is 0 Å². The molecular weight excluding hydrogens is 288 g/mol. The van der Waals surface area contributed by atoms with Crippen LogP contribution in [0.25, 0.3) is 0 Å². The van der Waals surface area contributed by atoms with Crippen molar-refractivity contribution >= 4 is 17.4 Å². The molecule has 5 nitrogen and oxygen atoms in total. The van der Waals surface area contributed by atoms with Gasteiger partial charge in [0.1, 0.15) is 5.82 Å². The highest BCUT2D eigenvalue weighted by Gasteiger charge is 2.30. The Morgan fingerprint density at radius 1 is 1.57 bits per heavy atom. The van der Waals surface area contributed by atoms with E-state index >= 15 is 0 Å². The monoisotopic (exact) mass is 312 g/mol. The Kier molecular flexibility index (Phi) is 6.23. The Morgan fingerprint density at radius 3 is 3.10 bits per heavy atom. The molecule has 1 fully saturated rings. The lowest BCUT2D eigenvalue weighted by Gasteiger charge is -2.37. The number of halogens is 1. The fourth-order valence-corrected chi connectivity index (χ4v) is 3.00. The number of aromatic nitrogens is 1. The molecule has 0 aromatic carbocycles. The van der Waals surface area contributed by atoms with E-state index in [1.165, 1.54) is 0 Å². The SMILES string of the molecule is CCCN1CCOC(C(NCC)c2cc(Cl)cnc2N)C1. The summed E-state index contributed by atoms with van der Waals surface area (Å²) in [5.74, 6) is 0.515. The minimum absolute atomic E-state index is 0.0147. The average molecular weight is 313 g/mol. The molecule has 0 saturated carbocycles. The maximum absolute atomic E-state index is 6.08. The molecule has 0 spiro atoms. The van der Waals surface area contributed by atoms with Gasteiger partial charge in [-0.15, -0.1) is 0 Å². The Morgan fingerprint density at radius 2 is 2.38 bits per heavy atom. The average Bonchev–Trinajstić information content (AvgIpc) is 2.48. The van der Waals surface area contributed by atoms with Gasteiger partial charge < -0.3 is 15.8 Å². The third-order valence-electron chi connectivity index (χ3n) is 3.76. The zero-order valence-electron chi connectivity index (χ0n) is 12.8. The third-order valence-corrected chi connectivity index (χ3v) is 3.97. The lowest BCUT2D eigenvalue weighted by atomic mass is 10.00. The van der Waals surface area contributed by atoms with E-state index in [0.717, 1.165) is 44.8 Å². The molecule has 0 aliphatic carbocycles. The Balaban J connectivity index is 2.19. The van der Waals surface area contributed by atoms with Crippen LogP contribution in [0.1, 0.15) is 31.9 Å². The zero-order chi connectivity index (χ0) is 15.2. The van der Waals surface area contributed by atoms with Crippen LogP contribution in [-0.4, -0.2) is 48.8 Å². The van der Waals surface area contributed by atoms with Gasteiger partial charge >= 0.3 is 0 Å². The van der Waals surface area contributed by atoms with Gasteiger partial charge in [0.25, 0.3) is 0 Å². The largest absolute Gasteiger partial charge is 0.383 e. The maximum atomic E-state index is 6.08. The van der Waals surface area contributed by atoms with E-state index in [1.807, 2.05) is 6.07 Å². The highest BCUT2D eigenvalue weighted by atomic mass is 35.5. The second-order valence-electron chi connectivity index (χ2n) is 5.37. The van der Waals surface area contributed by atoms with E-state index in [-0.39, 0.29) is 12.1 Å². The summed E-state index contributed by atoms with van der Waals surface area (Å²) >= 11 is 6.08. The maximum Gasteiger partial charge on any atom is 0.128 e. The van der Waals surface area contributed by atoms with Gasteiger partial charge in [-0.05, 0) is 25.6 Å². The van der Waals surface area contributed by atoms with Gasteiger partial charge in [-0.25, -0.2) is 4.98 Å². The lowest BCUT2D eigenvalue weighted by molar-refractivity contribution is -0.0467. The van der Waals surface area contributed by atoms with Crippen LogP contribution in [0.15, 0.2) is 12.3 Å². The predicted octanol–water partition coefficient (Wildman–Crippen LogP) is 2.08. The topological polar surface area (TPSA) is 63.4 Å². The molecule has 2 unspecified atom stereocenters. The fraction of sp³-hybridized carbons (Fsp3) is 0.667. The smallest absolute Gasteiger partial charge is 0.128 e. The number of hydrogen-bond acceptors (Lipinski definition) is 5. The Labute approximate surface area is 131 Å². The fourth-order valence-electron chi connectivity index (χ4n) is 2.83. The molecule has 1 aromatic rings. The first kappa shape index (κ1) is 16.5. The van der Waals surface area contributed by atoms with Gasteiger partial charge in [-0.2, -0.15) is 0 Å². The molecule has 2 atom stereocenters. The predicted molar refractivity (Wildman–Crippen MR) is 86.5 cm³/mol. The minimum Gasteiger partial charge on any atom is -0.383 e. The van der Waals surface area contributed by atoms with Crippen molar-refractivity contribution in [1.82, 2.24) is 15.2 Å². The summed E-state index contributed by atoms with van der Waals surface area (Å²) in [7, 11) is 0. The van der Waals surface area contributed by atoms with Crippen molar-refractivity contribution in [1.29, 1.82) is 0 Å². The van der Waals surface area contributed by atoms with Crippen molar-refractivity contribution < 1.29 is 4.74 Å². The lowest BCUT2D eigenvalue weighted by Crippen LogP contribution is -2.48. The van der Waals surface area contributed by atoms with Crippen LogP contribution in [0.3, 0.4) is 0 Å². The summed E-state index contributed by atoms with van der Waals surface area (Å²) in [5, 5.41) is 4.07. The number of nitrogens with two attached hydrogens (primary N) is 1. The zero-order valence-corrected chi connectivity index (χ0v) is 13.6. The van der Waals surface area contributed by atoms with Gasteiger partial charge in [0.15, 0.2) is 0 Å². The number of nitrogens with one attached hydrogen (secondary N) is 1. The summed E-state index contributed by atoms with van der Waals surface area (Å²) in [6.07, 6.45) is 2.79. The van der Waals surface area contributed by atoms with Crippen LogP contribution < -0.4 is 11.1 Å². The Hall–Kier alpha value is -0.880. The van der Waals surface area contributed by atoms with Crippen LogP contribution in [0.5, 0.6) is 0 Å². The van der Waals surface area contributed by atoms with E-state index in [0.29, 0.717) is 10.8 Å². The summed E-state index contributed by atoms with van der Waals surface area (Å²) < 4.78 is 5.99. The molecule has 1 aliphatic heterocycles. The van der Waals surface area contributed by atoms with Crippen LogP contribution in [-0.2, 0) is 4.74 Å². The number of ether oxygens (including phenoxy) is 1. The first-order valence-corrected chi connectivity index (χ1v) is 8.01. The van der Waals surface area contributed by atoms with E-state index < -0.39 is 0 Å². The molecule has 2 rings (SSSR count). The van der Waals surface area contributed by atoms with Crippen molar-refractivity contribution in [2.75, 3.05) is 38.5 Å². The number of pyridine rings is 1. The van der Waals surface area contributed by atoms with Crippen molar-refractivity contribution in [2.45, 2.75) is 32.4 Å². The van der Waals surface area contributed by atoms with Crippen molar-refractivity contribution in [3.05, 3.63) is 22.8 Å². The summed E-state index contributed by atoms with van der Waals surface area (Å²) in [6.45, 7) is 8.86. The second-order valence-corrected chi connectivity index (χ2v) is 5.81. The number of rotatable bonds is 6. The summed E-state index contributed by atoms with van der Waals surface area (Å²) in [4.78, 5) is 6.61. The van der Waals surface area contributed by atoms with Gasteiger partial charge in [-0.1, -0.05) is 25.4 Å². The van der Waals surface area contributed by atoms with E-state index in [9.17, 15) is 0 Å². The number of hydrogen-bond donors (Lipinski definition) is 2. The summed E-state index contributed by atoms with van der Waals surface area (Å²) in [5.41, 5.74) is 6.97.